The van der Waals surface area contributed by atoms with Gasteiger partial charge in [0.15, 0.2) is 0 Å². The molecule has 0 radical (unpaired) electrons. The standard InChI is InChI=1S/C12H18FN3O/c1-3-15-12(17)8-16(2)11-6-4-5-10(13)9(11)7-14/h4-6H,3,7-8,14H2,1-2H3,(H,15,17). The number of carbonyl (C=O) groups excluding carboxylic acids is 1. The van der Waals surface area contributed by atoms with Crippen LogP contribution >= 0.6 is 0 Å². The Labute approximate surface area is 101 Å². The lowest BCUT2D eigenvalue weighted by Gasteiger charge is -2.21. The van der Waals surface area contributed by atoms with E-state index in [0.717, 1.165) is 0 Å². The first-order valence-electron chi connectivity index (χ1n) is 5.55. The number of carbonyl (C=O) groups is 1. The van der Waals surface area contributed by atoms with E-state index in [9.17, 15) is 9.18 Å². The first-order valence-corrected chi connectivity index (χ1v) is 5.55. The lowest BCUT2D eigenvalue weighted by molar-refractivity contribution is -0.119. The predicted molar refractivity (Wildman–Crippen MR) is 66.2 cm³/mol. The quantitative estimate of drug-likeness (QED) is 0.801. The maximum absolute atomic E-state index is 13.5. The van der Waals surface area contributed by atoms with Gasteiger partial charge in [-0.05, 0) is 19.1 Å². The Morgan fingerprint density at radius 3 is 2.82 bits per heavy atom. The van der Waals surface area contributed by atoms with Crippen LogP contribution in [0.15, 0.2) is 18.2 Å². The molecule has 5 heteroatoms. The first kappa shape index (κ1) is 13.4. The third-order valence-corrected chi connectivity index (χ3v) is 2.46. The second-order valence-corrected chi connectivity index (χ2v) is 3.75. The topological polar surface area (TPSA) is 58.4 Å². The number of nitrogens with one attached hydrogen (secondary N) is 1. The number of hydrogen-bond donors (Lipinski definition) is 2. The smallest absolute Gasteiger partial charge is 0.239 e. The van der Waals surface area contributed by atoms with Crippen LogP contribution in [-0.2, 0) is 11.3 Å². The van der Waals surface area contributed by atoms with E-state index in [-0.39, 0.29) is 24.8 Å². The minimum absolute atomic E-state index is 0.0952. The van der Waals surface area contributed by atoms with Gasteiger partial charge in [-0.15, -0.1) is 0 Å². The monoisotopic (exact) mass is 239 g/mol. The minimum atomic E-state index is -0.340. The van der Waals surface area contributed by atoms with Crippen molar-refractivity contribution in [1.82, 2.24) is 5.32 Å². The fraction of sp³-hybridized carbons (Fsp3) is 0.417. The average Bonchev–Trinajstić information content (AvgIpc) is 2.28. The van der Waals surface area contributed by atoms with Crippen molar-refractivity contribution in [3.8, 4) is 0 Å². The Bertz CT molecular complexity index is 395. The third kappa shape index (κ3) is 3.42. The van der Waals surface area contributed by atoms with Crippen molar-refractivity contribution in [2.45, 2.75) is 13.5 Å². The lowest BCUT2D eigenvalue weighted by Crippen LogP contribution is -2.35. The Balaban J connectivity index is 2.85. The van der Waals surface area contributed by atoms with Crippen molar-refractivity contribution in [3.05, 3.63) is 29.6 Å². The molecule has 0 spiro atoms. The third-order valence-electron chi connectivity index (χ3n) is 2.46. The zero-order valence-corrected chi connectivity index (χ0v) is 10.2. The van der Waals surface area contributed by atoms with Crippen LogP contribution in [0.25, 0.3) is 0 Å². The number of amides is 1. The molecule has 0 aliphatic heterocycles. The summed E-state index contributed by atoms with van der Waals surface area (Å²) in [6.07, 6.45) is 0. The number of anilines is 1. The van der Waals surface area contributed by atoms with Gasteiger partial charge < -0.3 is 16.0 Å². The van der Waals surface area contributed by atoms with Gasteiger partial charge in [0, 0.05) is 31.4 Å². The molecule has 0 heterocycles. The van der Waals surface area contributed by atoms with Gasteiger partial charge in [-0.2, -0.15) is 0 Å². The molecule has 17 heavy (non-hydrogen) atoms. The van der Waals surface area contributed by atoms with Gasteiger partial charge in [-0.3, -0.25) is 4.79 Å². The molecule has 0 aliphatic carbocycles. The van der Waals surface area contributed by atoms with Crippen molar-refractivity contribution < 1.29 is 9.18 Å². The molecule has 1 aromatic rings. The second-order valence-electron chi connectivity index (χ2n) is 3.75. The van der Waals surface area contributed by atoms with E-state index in [0.29, 0.717) is 17.8 Å². The van der Waals surface area contributed by atoms with Crippen LogP contribution < -0.4 is 16.0 Å². The van der Waals surface area contributed by atoms with Crippen molar-refractivity contribution in [1.29, 1.82) is 0 Å². The number of benzene rings is 1. The fourth-order valence-corrected chi connectivity index (χ4v) is 1.66. The molecule has 94 valence electrons. The molecule has 0 aliphatic rings. The van der Waals surface area contributed by atoms with Crippen molar-refractivity contribution >= 4 is 11.6 Å². The molecule has 3 N–H and O–H groups in total. The van der Waals surface area contributed by atoms with Gasteiger partial charge in [0.25, 0.3) is 0 Å². The molecule has 0 aromatic heterocycles. The molecule has 0 atom stereocenters. The summed E-state index contributed by atoms with van der Waals surface area (Å²) < 4.78 is 13.5. The number of halogens is 1. The van der Waals surface area contributed by atoms with Crippen LogP contribution in [-0.4, -0.2) is 26.0 Å². The summed E-state index contributed by atoms with van der Waals surface area (Å²) in [5.74, 6) is -0.435. The molecule has 1 aromatic carbocycles. The number of hydrogen-bond acceptors (Lipinski definition) is 3. The fourth-order valence-electron chi connectivity index (χ4n) is 1.66. The Morgan fingerprint density at radius 1 is 1.53 bits per heavy atom. The van der Waals surface area contributed by atoms with Crippen LogP contribution in [0.1, 0.15) is 12.5 Å². The van der Waals surface area contributed by atoms with E-state index >= 15 is 0 Å². The van der Waals surface area contributed by atoms with E-state index in [1.807, 2.05) is 6.92 Å². The van der Waals surface area contributed by atoms with Crippen molar-refractivity contribution in [2.24, 2.45) is 5.73 Å². The summed E-state index contributed by atoms with van der Waals surface area (Å²) >= 11 is 0. The Kier molecular flexibility index (Phi) is 4.90. The van der Waals surface area contributed by atoms with Crippen LogP contribution in [0, 0.1) is 5.82 Å². The largest absolute Gasteiger partial charge is 0.365 e. The van der Waals surface area contributed by atoms with E-state index in [4.69, 9.17) is 5.73 Å². The summed E-state index contributed by atoms with van der Waals surface area (Å²) in [5.41, 5.74) is 6.59. The summed E-state index contributed by atoms with van der Waals surface area (Å²) in [6, 6.07) is 4.73. The van der Waals surface area contributed by atoms with Gasteiger partial charge in [0.1, 0.15) is 5.82 Å². The van der Waals surface area contributed by atoms with Crippen LogP contribution in [0.3, 0.4) is 0 Å². The van der Waals surface area contributed by atoms with E-state index < -0.39 is 0 Å². The number of nitrogens with two attached hydrogens (primary N) is 1. The van der Waals surface area contributed by atoms with E-state index in [1.165, 1.54) is 6.07 Å². The van der Waals surface area contributed by atoms with E-state index in [1.54, 1.807) is 24.1 Å². The molecule has 0 saturated heterocycles. The summed E-state index contributed by atoms with van der Waals surface area (Å²) in [5, 5.41) is 2.69. The van der Waals surface area contributed by atoms with Gasteiger partial charge in [-0.1, -0.05) is 6.07 Å². The van der Waals surface area contributed by atoms with Crippen LogP contribution in [0.4, 0.5) is 10.1 Å². The average molecular weight is 239 g/mol. The molecule has 1 rings (SSSR count). The van der Waals surface area contributed by atoms with Gasteiger partial charge in [0.05, 0.1) is 6.54 Å². The highest BCUT2D eigenvalue weighted by molar-refractivity contribution is 5.81. The number of nitrogens with zero attached hydrogens (tertiary/aromatic N) is 1. The highest BCUT2D eigenvalue weighted by atomic mass is 19.1. The molecule has 0 bridgehead atoms. The first-order chi connectivity index (χ1) is 8.10. The second kappa shape index (κ2) is 6.20. The SMILES string of the molecule is CCNC(=O)CN(C)c1cccc(F)c1CN. The lowest BCUT2D eigenvalue weighted by atomic mass is 10.1. The molecule has 1 amide bonds. The normalized spacial score (nSPS) is 10.1. The molecular formula is C12H18FN3O. The van der Waals surface area contributed by atoms with Crippen molar-refractivity contribution in [3.63, 3.8) is 0 Å². The van der Waals surface area contributed by atoms with Crippen LogP contribution in [0.5, 0.6) is 0 Å². The highest BCUT2D eigenvalue weighted by Gasteiger charge is 2.12. The number of likely N-dealkylation sites (N-methyl/N-ethyl adjacent to an activating group) is 2. The predicted octanol–water partition coefficient (Wildman–Crippen LogP) is 0.857. The number of rotatable bonds is 5. The van der Waals surface area contributed by atoms with Gasteiger partial charge in [-0.25, -0.2) is 4.39 Å². The summed E-state index contributed by atoms with van der Waals surface area (Å²) in [4.78, 5) is 13.1. The molecule has 0 unspecified atom stereocenters. The maximum Gasteiger partial charge on any atom is 0.239 e. The molecular weight excluding hydrogens is 221 g/mol. The minimum Gasteiger partial charge on any atom is -0.365 e. The van der Waals surface area contributed by atoms with E-state index in [2.05, 4.69) is 5.32 Å². The maximum atomic E-state index is 13.5. The molecule has 0 saturated carbocycles. The molecule has 0 fully saturated rings. The zero-order valence-electron chi connectivity index (χ0n) is 10.2. The summed E-state index contributed by atoms with van der Waals surface area (Å²) in [6.45, 7) is 2.73. The van der Waals surface area contributed by atoms with Crippen LogP contribution in [0.2, 0.25) is 0 Å². The van der Waals surface area contributed by atoms with Crippen molar-refractivity contribution in [2.75, 3.05) is 25.0 Å². The summed E-state index contributed by atoms with van der Waals surface area (Å²) in [7, 11) is 1.74. The van der Waals surface area contributed by atoms with Gasteiger partial charge in [0.2, 0.25) is 5.91 Å². The molecule has 4 nitrogen and oxygen atoms in total. The van der Waals surface area contributed by atoms with Gasteiger partial charge >= 0.3 is 0 Å². The Morgan fingerprint density at radius 2 is 2.24 bits per heavy atom. The Hall–Kier alpha value is -1.62. The highest BCUT2D eigenvalue weighted by Crippen LogP contribution is 2.21. The zero-order chi connectivity index (χ0) is 12.8.